The average molecular weight is 273 g/mol. The van der Waals surface area contributed by atoms with E-state index in [-0.39, 0.29) is 5.92 Å². The molecule has 96 valence electrons. The van der Waals surface area contributed by atoms with Crippen LogP contribution in [-0.4, -0.2) is 12.5 Å². The third-order valence-electron chi connectivity index (χ3n) is 3.50. The van der Waals surface area contributed by atoms with Gasteiger partial charge in [-0.1, -0.05) is 24.3 Å². The third-order valence-corrected chi connectivity index (χ3v) is 4.02. The molecule has 0 saturated carbocycles. The van der Waals surface area contributed by atoms with Gasteiger partial charge in [0.15, 0.2) is 5.41 Å². The molecule has 2 rings (SSSR count). The zero-order valence-corrected chi connectivity index (χ0v) is 11.3. The monoisotopic (exact) mass is 272 g/mol. The largest absolute Gasteiger partial charge is 0.497 e. The maximum absolute atomic E-state index is 9.43. The summed E-state index contributed by atoms with van der Waals surface area (Å²) in [6.07, 6.45) is 4.36. The SMILES string of the molecule is COc1ccc([C@@H]2C=CC[C@H](Cl)C2(C#N)C#N)cc1. The fraction of sp³-hybridized carbons (Fsp3) is 0.333. The molecule has 0 amide bonds. The van der Waals surface area contributed by atoms with E-state index in [2.05, 4.69) is 12.1 Å². The number of ether oxygens (including phenoxy) is 1. The van der Waals surface area contributed by atoms with Crippen molar-refractivity contribution in [3.8, 4) is 17.9 Å². The summed E-state index contributed by atoms with van der Waals surface area (Å²) in [5.41, 5.74) is -0.323. The maximum Gasteiger partial charge on any atom is 0.170 e. The van der Waals surface area contributed by atoms with Crippen molar-refractivity contribution in [3.05, 3.63) is 42.0 Å². The Morgan fingerprint density at radius 2 is 1.89 bits per heavy atom. The quantitative estimate of drug-likeness (QED) is 0.612. The summed E-state index contributed by atoms with van der Waals surface area (Å²) in [6.45, 7) is 0. The summed E-state index contributed by atoms with van der Waals surface area (Å²) in [7, 11) is 1.60. The summed E-state index contributed by atoms with van der Waals surface area (Å²) in [4.78, 5) is 0. The first kappa shape index (κ1) is 13.5. The number of rotatable bonds is 2. The highest BCUT2D eigenvalue weighted by atomic mass is 35.5. The molecule has 2 atom stereocenters. The number of alkyl halides is 1. The molecule has 0 aliphatic heterocycles. The minimum atomic E-state index is -1.22. The minimum absolute atomic E-state index is 0.315. The van der Waals surface area contributed by atoms with Crippen molar-refractivity contribution in [3.63, 3.8) is 0 Å². The lowest BCUT2D eigenvalue weighted by Gasteiger charge is -2.33. The molecule has 0 radical (unpaired) electrons. The van der Waals surface area contributed by atoms with Crippen LogP contribution in [-0.2, 0) is 0 Å². The summed E-state index contributed by atoms with van der Waals surface area (Å²) in [6, 6.07) is 11.6. The Hall–Kier alpha value is -1.97. The minimum Gasteiger partial charge on any atom is -0.497 e. The smallest absolute Gasteiger partial charge is 0.170 e. The van der Waals surface area contributed by atoms with Gasteiger partial charge in [-0.3, -0.25) is 0 Å². The number of benzene rings is 1. The fourth-order valence-corrected chi connectivity index (χ4v) is 2.69. The maximum atomic E-state index is 9.43. The van der Waals surface area contributed by atoms with Crippen LogP contribution < -0.4 is 4.74 Å². The molecule has 1 aliphatic carbocycles. The molecule has 0 aromatic heterocycles. The van der Waals surface area contributed by atoms with Gasteiger partial charge >= 0.3 is 0 Å². The van der Waals surface area contributed by atoms with Crippen LogP contribution >= 0.6 is 11.6 Å². The van der Waals surface area contributed by atoms with Crippen molar-refractivity contribution in [1.82, 2.24) is 0 Å². The van der Waals surface area contributed by atoms with Crippen LogP contribution in [0.5, 0.6) is 5.75 Å². The second kappa shape index (κ2) is 5.34. The van der Waals surface area contributed by atoms with Crippen molar-refractivity contribution < 1.29 is 4.74 Å². The van der Waals surface area contributed by atoms with Crippen LogP contribution in [0.1, 0.15) is 17.9 Å². The topological polar surface area (TPSA) is 56.8 Å². The molecule has 0 unspecified atom stereocenters. The number of hydrogen-bond acceptors (Lipinski definition) is 3. The van der Waals surface area contributed by atoms with Crippen molar-refractivity contribution >= 4 is 11.6 Å². The number of halogens is 1. The molecular weight excluding hydrogens is 260 g/mol. The average Bonchev–Trinajstić information content (AvgIpc) is 2.47. The Kier molecular flexibility index (Phi) is 3.79. The lowest BCUT2D eigenvalue weighted by molar-refractivity contribution is 0.411. The van der Waals surface area contributed by atoms with Gasteiger partial charge in [-0.25, -0.2) is 0 Å². The molecule has 3 nitrogen and oxygen atoms in total. The van der Waals surface area contributed by atoms with Gasteiger partial charge in [-0.2, -0.15) is 10.5 Å². The second-order valence-electron chi connectivity index (χ2n) is 4.47. The molecule has 1 aliphatic rings. The number of nitriles is 2. The van der Waals surface area contributed by atoms with Gasteiger partial charge < -0.3 is 4.74 Å². The first-order chi connectivity index (χ1) is 9.17. The highest BCUT2D eigenvalue weighted by Gasteiger charge is 2.47. The predicted molar refractivity (Wildman–Crippen MR) is 72.8 cm³/mol. The predicted octanol–water partition coefficient (Wildman–Crippen LogP) is 3.38. The van der Waals surface area contributed by atoms with E-state index in [1.54, 1.807) is 7.11 Å². The summed E-state index contributed by atoms with van der Waals surface area (Å²) in [5.74, 6) is 0.426. The van der Waals surface area contributed by atoms with Gasteiger partial charge in [-0.15, -0.1) is 11.6 Å². The van der Waals surface area contributed by atoms with Gasteiger partial charge in [0.1, 0.15) is 5.75 Å². The molecule has 0 heterocycles. The number of nitrogens with zero attached hydrogens (tertiary/aromatic N) is 2. The molecule has 0 N–H and O–H groups in total. The van der Waals surface area contributed by atoms with Crippen molar-refractivity contribution in [1.29, 1.82) is 10.5 Å². The van der Waals surface area contributed by atoms with Crippen LogP contribution in [0.25, 0.3) is 0 Å². The highest BCUT2D eigenvalue weighted by Crippen LogP contribution is 2.46. The zero-order valence-electron chi connectivity index (χ0n) is 10.5. The molecule has 0 fully saturated rings. The molecule has 0 bridgehead atoms. The van der Waals surface area contributed by atoms with Gasteiger partial charge in [0.25, 0.3) is 0 Å². The molecule has 4 heteroatoms. The first-order valence-corrected chi connectivity index (χ1v) is 6.38. The van der Waals surface area contributed by atoms with Gasteiger partial charge in [0.2, 0.25) is 0 Å². The van der Waals surface area contributed by atoms with Gasteiger partial charge in [0, 0.05) is 5.92 Å². The van der Waals surface area contributed by atoms with E-state index >= 15 is 0 Å². The lowest BCUT2D eigenvalue weighted by atomic mass is 9.68. The summed E-state index contributed by atoms with van der Waals surface area (Å²) in [5, 5.41) is 18.4. The van der Waals surface area contributed by atoms with Crippen molar-refractivity contribution in [2.45, 2.75) is 17.7 Å². The van der Waals surface area contributed by atoms with Crippen LogP contribution in [0.2, 0.25) is 0 Å². The standard InChI is InChI=1S/C15H13ClN2O/c1-19-12-7-5-11(6-8-12)13-3-2-4-14(16)15(13,9-17)10-18/h2-3,5-8,13-14H,4H2,1H3/t13-,14-/m0/s1. The highest BCUT2D eigenvalue weighted by molar-refractivity contribution is 6.21. The zero-order chi connectivity index (χ0) is 13.9. The summed E-state index contributed by atoms with van der Waals surface area (Å²) < 4.78 is 5.11. The normalized spacial score (nSPS) is 24.2. The van der Waals surface area contributed by atoms with E-state index in [1.807, 2.05) is 36.4 Å². The van der Waals surface area contributed by atoms with E-state index in [9.17, 15) is 10.5 Å². The van der Waals surface area contributed by atoms with Crippen LogP contribution in [0.4, 0.5) is 0 Å². The van der Waals surface area contributed by atoms with Crippen molar-refractivity contribution in [2.75, 3.05) is 7.11 Å². The Bertz CT molecular complexity index is 551. The number of hydrogen-bond donors (Lipinski definition) is 0. The number of allylic oxidation sites excluding steroid dienone is 2. The molecule has 19 heavy (non-hydrogen) atoms. The summed E-state index contributed by atoms with van der Waals surface area (Å²) >= 11 is 6.22. The van der Waals surface area contributed by atoms with Gasteiger partial charge in [0.05, 0.1) is 24.6 Å². The Labute approximate surface area is 117 Å². The third kappa shape index (κ3) is 2.18. The molecule has 0 saturated heterocycles. The van der Waals surface area contributed by atoms with E-state index in [0.717, 1.165) is 11.3 Å². The molecule has 0 spiro atoms. The van der Waals surface area contributed by atoms with E-state index in [0.29, 0.717) is 6.42 Å². The fourth-order valence-electron chi connectivity index (χ4n) is 2.36. The van der Waals surface area contributed by atoms with Crippen LogP contribution in [0, 0.1) is 28.1 Å². The lowest BCUT2D eigenvalue weighted by Crippen LogP contribution is -2.36. The Balaban J connectivity index is 2.46. The Morgan fingerprint density at radius 3 is 2.42 bits per heavy atom. The van der Waals surface area contributed by atoms with E-state index < -0.39 is 10.8 Å². The van der Waals surface area contributed by atoms with Crippen LogP contribution in [0.15, 0.2) is 36.4 Å². The van der Waals surface area contributed by atoms with Gasteiger partial charge in [-0.05, 0) is 24.1 Å². The number of methoxy groups -OCH3 is 1. The van der Waals surface area contributed by atoms with E-state index in [1.165, 1.54) is 0 Å². The second-order valence-corrected chi connectivity index (χ2v) is 5.00. The van der Waals surface area contributed by atoms with Crippen molar-refractivity contribution in [2.24, 2.45) is 5.41 Å². The Morgan fingerprint density at radius 1 is 1.26 bits per heavy atom. The van der Waals surface area contributed by atoms with E-state index in [4.69, 9.17) is 16.3 Å². The van der Waals surface area contributed by atoms with Crippen LogP contribution in [0.3, 0.4) is 0 Å². The molecule has 1 aromatic rings. The first-order valence-electron chi connectivity index (χ1n) is 5.95. The molecular formula is C15H13ClN2O. The molecule has 1 aromatic carbocycles.